The molecule has 0 saturated carbocycles. The largest absolute Gasteiger partial charge is 0.406 e. The first-order chi connectivity index (χ1) is 7.84. The van der Waals surface area contributed by atoms with Crippen LogP contribution >= 0.6 is 11.6 Å². The maximum Gasteiger partial charge on any atom is 0.406 e. The molecule has 0 heterocycles. The Bertz CT molecular complexity index is 439. The van der Waals surface area contributed by atoms with Crippen LogP contribution < -0.4 is 5.32 Å². The molecule has 0 saturated heterocycles. The molecule has 2 nitrogen and oxygen atoms in total. The van der Waals surface area contributed by atoms with Gasteiger partial charge in [-0.3, -0.25) is 0 Å². The van der Waals surface area contributed by atoms with Crippen molar-refractivity contribution in [2.45, 2.75) is 6.18 Å². The molecule has 7 heteroatoms. The molecular weight excluding hydrogens is 260 g/mol. The number of alkyl halides is 3. The highest BCUT2D eigenvalue weighted by atomic mass is 35.5. The van der Waals surface area contributed by atoms with E-state index in [2.05, 4.69) is 5.32 Å². The molecule has 0 spiro atoms. The number of rotatable bonds is 3. The number of hydrogen-bond acceptors (Lipinski definition) is 2. The molecule has 1 aromatic rings. The second-order valence-electron chi connectivity index (χ2n) is 3.23. The summed E-state index contributed by atoms with van der Waals surface area (Å²) < 4.78 is 49.8. The Labute approximate surface area is 99.8 Å². The fourth-order valence-electron chi connectivity index (χ4n) is 1.08. The van der Waals surface area contributed by atoms with Crippen LogP contribution in [0.15, 0.2) is 18.2 Å². The van der Waals surface area contributed by atoms with E-state index < -0.39 is 24.5 Å². The third-order valence-electron chi connectivity index (χ3n) is 1.98. The van der Waals surface area contributed by atoms with E-state index in [9.17, 15) is 17.6 Å². The quantitative estimate of drug-likeness (QED) is 0.849. The standard InChI is InChI=1S/C10H7ClF4N2/c11-7-1-2-9(8(12)3-7)17-5-6(4-16)10(13,14)15/h1-3,6,17H,5H2. The summed E-state index contributed by atoms with van der Waals surface area (Å²) in [6, 6.07) is 4.62. The average molecular weight is 267 g/mol. The number of nitrogens with one attached hydrogen (secondary N) is 1. The number of hydrogen-bond donors (Lipinski definition) is 1. The van der Waals surface area contributed by atoms with Crippen LogP contribution in [0.5, 0.6) is 0 Å². The van der Waals surface area contributed by atoms with Crippen LogP contribution in [-0.2, 0) is 0 Å². The molecule has 0 aliphatic carbocycles. The molecule has 0 bridgehead atoms. The fraction of sp³-hybridized carbons (Fsp3) is 0.300. The first-order valence-corrected chi connectivity index (χ1v) is 4.87. The Morgan fingerprint density at radius 1 is 1.41 bits per heavy atom. The maximum absolute atomic E-state index is 13.2. The molecule has 1 rings (SSSR count). The van der Waals surface area contributed by atoms with Crippen LogP contribution in [0.25, 0.3) is 0 Å². The molecule has 1 atom stereocenters. The van der Waals surface area contributed by atoms with Gasteiger partial charge < -0.3 is 5.32 Å². The first-order valence-electron chi connectivity index (χ1n) is 4.50. The molecule has 92 valence electrons. The van der Waals surface area contributed by atoms with Crippen molar-refractivity contribution in [3.8, 4) is 6.07 Å². The third-order valence-corrected chi connectivity index (χ3v) is 2.21. The lowest BCUT2D eigenvalue weighted by Crippen LogP contribution is -2.28. The highest BCUT2D eigenvalue weighted by Crippen LogP contribution is 2.26. The van der Waals surface area contributed by atoms with Gasteiger partial charge in [0.15, 0.2) is 5.92 Å². The number of anilines is 1. The van der Waals surface area contributed by atoms with Crippen molar-refractivity contribution in [3.05, 3.63) is 29.0 Å². The first kappa shape index (κ1) is 13.6. The minimum atomic E-state index is -4.63. The minimum absolute atomic E-state index is 0.126. The van der Waals surface area contributed by atoms with Gasteiger partial charge in [0, 0.05) is 11.6 Å². The summed E-state index contributed by atoms with van der Waals surface area (Å²) in [7, 11) is 0. The van der Waals surface area contributed by atoms with Crippen molar-refractivity contribution in [1.29, 1.82) is 5.26 Å². The van der Waals surface area contributed by atoms with Gasteiger partial charge in [0.05, 0.1) is 11.8 Å². The molecule has 0 amide bonds. The molecular formula is C10H7ClF4N2. The van der Waals surface area contributed by atoms with E-state index in [1.165, 1.54) is 12.1 Å². The second-order valence-corrected chi connectivity index (χ2v) is 3.66. The summed E-state index contributed by atoms with van der Waals surface area (Å²) in [6.07, 6.45) is -4.63. The summed E-state index contributed by atoms with van der Waals surface area (Å²) in [5, 5.41) is 10.7. The Kier molecular flexibility index (Phi) is 4.18. The smallest absolute Gasteiger partial charge is 0.381 e. The van der Waals surface area contributed by atoms with Crippen LogP contribution in [0.3, 0.4) is 0 Å². The SMILES string of the molecule is N#CC(CNc1ccc(Cl)cc1F)C(F)(F)F. The Morgan fingerprint density at radius 2 is 2.06 bits per heavy atom. The van der Waals surface area contributed by atoms with E-state index in [-0.39, 0.29) is 10.7 Å². The van der Waals surface area contributed by atoms with Gasteiger partial charge in [0.1, 0.15) is 5.82 Å². The highest BCUT2D eigenvalue weighted by molar-refractivity contribution is 6.30. The lowest BCUT2D eigenvalue weighted by Gasteiger charge is -2.15. The summed E-state index contributed by atoms with van der Waals surface area (Å²) >= 11 is 5.48. The monoisotopic (exact) mass is 266 g/mol. The number of nitrogens with zero attached hydrogens (tertiary/aromatic N) is 1. The van der Waals surface area contributed by atoms with Gasteiger partial charge in [-0.1, -0.05) is 11.6 Å². The zero-order valence-electron chi connectivity index (χ0n) is 8.35. The lowest BCUT2D eigenvalue weighted by molar-refractivity contribution is -0.155. The highest BCUT2D eigenvalue weighted by Gasteiger charge is 2.39. The molecule has 17 heavy (non-hydrogen) atoms. The van der Waals surface area contributed by atoms with Crippen molar-refractivity contribution < 1.29 is 17.6 Å². The number of nitriles is 1. The summed E-state index contributed by atoms with van der Waals surface area (Å²) in [6.45, 7) is -0.710. The van der Waals surface area contributed by atoms with E-state index in [1.807, 2.05) is 0 Å². The Balaban J connectivity index is 2.71. The average Bonchev–Trinajstić information content (AvgIpc) is 2.19. The van der Waals surface area contributed by atoms with Gasteiger partial charge in [-0.05, 0) is 18.2 Å². The van der Waals surface area contributed by atoms with Gasteiger partial charge in [0.25, 0.3) is 0 Å². The molecule has 1 aromatic carbocycles. The Hall–Kier alpha value is -1.48. The number of halogens is 5. The van der Waals surface area contributed by atoms with Gasteiger partial charge in [-0.25, -0.2) is 4.39 Å². The van der Waals surface area contributed by atoms with Gasteiger partial charge in [-0.15, -0.1) is 0 Å². The Morgan fingerprint density at radius 3 is 2.53 bits per heavy atom. The van der Waals surface area contributed by atoms with E-state index >= 15 is 0 Å². The van der Waals surface area contributed by atoms with Crippen molar-refractivity contribution in [1.82, 2.24) is 0 Å². The van der Waals surface area contributed by atoms with E-state index in [0.717, 1.165) is 12.1 Å². The molecule has 0 aliphatic rings. The van der Waals surface area contributed by atoms with Crippen molar-refractivity contribution >= 4 is 17.3 Å². The van der Waals surface area contributed by atoms with Crippen LogP contribution in [0.1, 0.15) is 0 Å². The predicted octanol–water partition coefficient (Wildman–Crippen LogP) is 3.59. The van der Waals surface area contributed by atoms with Crippen molar-refractivity contribution in [2.24, 2.45) is 5.92 Å². The fourth-order valence-corrected chi connectivity index (χ4v) is 1.24. The van der Waals surface area contributed by atoms with E-state index in [1.54, 1.807) is 0 Å². The van der Waals surface area contributed by atoms with Gasteiger partial charge in [-0.2, -0.15) is 18.4 Å². The molecule has 1 N–H and O–H groups in total. The van der Waals surface area contributed by atoms with E-state index in [4.69, 9.17) is 16.9 Å². The van der Waals surface area contributed by atoms with Crippen LogP contribution in [0, 0.1) is 23.1 Å². The van der Waals surface area contributed by atoms with Crippen LogP contribution in [-0.4, -0.2) is 12.7 Å². The molecule has 1 unspecified atom stereocenters. The summed E-state index contributed by atoms with van der Waals surface area (Å²) in [5.74, 6) is -2.95. The van der Waals surface area contributed by atoms with E-state index in [0.29, 0.717) is 0 Å². The topological polar surface area (TPSA) is 35.8 Å². The van der Waals surface area contributed by atoms with Crippen molar-refractivity contribution in [2.75, 3.05) is 11.9 Å². The van der Waals surface area contributed by atoms with Gasteiger partial charge >= 0.3 is 6.18 Å². The molecule has 0 aliphatic heterocycles. The molecule has 0 fully saturated rings. The predicted molar refractivity (Wildman–Crippen MR) is 55.1 cm³/mol. The van der Waals surface area contributed by atoms with Crippen LogP contribution in [0.2, 0.25) is 5.02 Å². The summed E-state index contributed by atoms with van der Waals surface area (Å²) in [5.41, 5.74) is -0.126. The second kappa shape index (κ2) is 5.23. The minimum Gasteiger partial charge on any atom is -0.381 e. The zero-order chi connectivity index (χ0) is 13.1. The zero-order valence-corrected chi connectivity index (χ0v) is 9.11. The third kappa shape index (κ3) is 3.79. The normalized spacial score (nSPS) is 12.9. The maximum atomic E-state index is 13.2. The van der Waals surface area contributed by atoms with Crippen LogP contribution in [0.4, 0.5) is 23.2 Å². The summed E-state index contributed by atoms with van der Waals surface area (Å²) in [4.78, 5) is 0. The molecule has 0 radical (unpaired) electrons. The molecule has 0 aromatic heterocycles. The lowest BCUT2D eigenvalue weighted by atomic mass is 10.1. The number of benzene rings is 1. The van der Waals surface area contributed by atoms with Gasteiger partial charge in [0.2, 0.25) is 0 Å². The van der Waals surface area contributed by atoms with Crippen molar-refractivity contribution in [3.63, 3.8) is 0 Å².